The van der Waals surface area contributed by atoms with Crippen LogP contribution in [0.5, 0.6) is 0 Å². The van der Waals surface area contributed by atoms with Crippen LogP contribution in [0.3, 0.4) is 0 Å². The lowest BCUT2D eigenvalue weighted by molar-refractivity contribution is 1.60. The average Bonchev–Trinajstić information content (AvgIpc) is 1.86. The van der Waals surface area contributed by atoms with Crippen molar-refractivity contribution >= 4 is 24.0 Å². The van der Waals surface area contributed by atoms with E-state index in [0.29, 0.717) is 0 Å². The molecule has 0 nitrogen and oxygen atoms in total. The zero-order valence-electron chi connectivity index (χ0n) is 3.01. The summed E-state index contributed by atoms with van der Waals surface area (Å²) in [6.07, 6.45) is 0. The molecule has 0 aliphatic carbocycles. The highest BCUT2D eigenvalue weighted by atomic mass is 32.1. The lowest BCUT2D eigenvalue weighted by Crippen LogP contribution is -1.38. The van der Waals surface area contributed by atoms with E-state index < -0.39 is 0 Å². The van der Waals surface area contributed by atoms with Gasteiger partial charge in [0.15, 0.2) is 0 Å². The predicted octanol–water partition coefficient (Wildman–Crippen LogP) is 1.84. The van der Waals surface area contributed by atoms with Crippen LogP contribution in [0, 0.1) is 5.38 Å². The van der Waals surface area contributed by atoms with Gasteiger partial charge in [-0.15, -0.1) is 24.0 Å². The summed E-state index contributed by atoms with van der Waals surface area (Å²) in [4.78, 5) is 0.931. The first-order valence-corrected chi connectivity index (χ1v) is 2.86. The quantitative estimate of drug-likeness (QED) is 0.490. The first kappa shape index (κ1) is 4.22. The average molecular weight is 115 g/mol. The molecular formula is C4H3S2. The molecular weight excluding hydrogens is 112 g/mol. The molecule has 1 aromatic rings. The van der Waals surface area contributed by atoms with Gasteiger partial charge in [-0.2, -0.15) is 0 Å². The predicted molar refractivity (Wildman–Crippen MR) is 30.4 cm³/mol. The summed E-state index contributed by atoms with van der Waals surface area (Å²) < 4.78 is 0. The Balaban J connectivity index is 3.05. The molecule has 0 unspecified atom stereocenters. The molecule has 1 rings (SSSR count). The van der Waals surface area contributed by atoms with Crippen LogP contribution in [-0.2, 0) is 0 Å². The van der Waals surface area contributed by atoms with Crippen molar-refractivity contribution in [2.45, 2.75) is 4.90 Å². The molecule has 2 heteroatoms. The lowest BCUT2D eigenvalue weighted by atomic mass is 10.7. The van der Waals surface area contributed by atoms with Crippen LogP contribution in [0.4, 0.5) is 0 Å². The first-order valence-electron chi connectivity index (χ1n) is 1.54. The van der Waals surface area contributed by atoms with Crippen LogP contribution < -0.4 is 0 Å². The maximum Gasteiger partial charge on any atom is 0.0587 e. The second kappa shape index (κ2) is 1.67. The monoisotopic (exact) mass is 115 g/mol. The van der Waals surface area contributed by atoms with Crippen LogP contribution in [-0.4, -0.2) is 0 Å². The summed E-state index contributed by atoms with van der Waals surface area (Å²) in [5.41, 5.74) is 0. The molecule has 1 heterocycles. The molecule has 0 saturated heterocycles. The molecule has 0 saturated carbocycles. The van der Waals surface area contributed by atoms with Crippen molar-refractivity contribution < 1.29 is 0 Å². The molecule has 31 valence electrons. The van der Waals surface area contributed by atoms with Gasteiger partial charge in [0.2, 0.25) is 0 Å². The third kappa shape index (κ3) is 0.758. The number of rotatable bonds is 0. The van der Waals surface area contributed by atoms with E-state index >= 15 is 0 Å². The van der Waals surface area contributed by atoms with E-state index in [1.54, 1.807) is 0 Å². The fourth-order valence-electron chi connectivity index (χ4n) is 0.227. The standard InChI is InChI=1S/C4H3S2/c5-4-1-2-6-3-4/h1-2,5H. The summed E-state index contributed by atoms with van der Waals surface area (Å²) in [6.45, 7) is 0. The number of hydrogen-bond donors (Lipinski definition) is 1. The maximum atomic E-state index is 3.99. The van der Waals surface area contributed by atoms with Gasteiger partial charge in [0.05, 0.1) is 5.38 Å². The third-order valence-corrected chi connectivity index (χ3v) is 1.48. The molecule has 6 heavy (non-hydrogen) atoms. The van der Waals surface area contributed by atoms with Gasteiger partial charge in [0, 0.05) is 4.90 Å². The smallest absolute Gasteiger partial charge is 0.0587 e. The van der Waals surface area contributed by atoms with E-state index in [4.69, 9.17) is 0 Å². The van der Waals surface area contributed by atoms with E-state index in [0.717, 1.165) is 4.90 Å². The summed E-state index contributed by atoms with van der Waals surface area (Å²) in [6, 6.07) is 1.91. The fourth-order valence-corrected chi connectivity index (χ4v) is 1.02. The van der Waals surface area contributed by atoms with Crippen molar-refractivity contribution in [3.63, 3.8) is 0 Å². The molecule has 0 N–H and O–H groups in total. The molecule has 0 fully saturated rings. The summed E-state index contributed by atoms with van der Waals surface area (Å²) >= 11 is 5.53. The van der Waals surface area contributed by atoms with Gasteiger partial charge in [0.25, 0.3) is 0 Å². The van der Waals surface area contributed by atoms with Gasteiger partial charge in [0.1, 0.15) is 0 Å². The van der Waals surface area contributed by atoms with Crippen molar-refractivity contribution in [3.05, 3.63) is 16.8 Å². The Hall–Kier alpha value is 0.0500. The Bertz CT molecular complexity index is 109. The molecule has 1 radical (unpaired) electrons. The molecule has 0 aliphatic rings. The van der Waals surface area contributed by atoms with Crippen molar-refractivity contribution in [1.82, 2.24) is 0 Å². The molecule has 0 aromatic carbocycles. The van der Waals surface area contributed by atoms with E-state index in [-0.39, 0.29) is 0 Å². The third-order valence-electron chi connectivity index (χ3n) is 0.457. The topological polar surface area (TPSA) is 0 Å². The minimum atomic E-state index is 0.931. The van der Waals surface area contributed by atoms with Crippen molar-refractivity contribution in [2.24, 2.45) is 0 Å². The Kier molecular flexibility index (Phi) is 1.17. The van der Waals surface area contributed by atoms with Crippen LogP contribution >= 0.6 is 24.0 Å². The van der Waals surface area contributed by atoms with E-state index in [1.165, 1.54) is 11.3 Å². The highest BCUT2D eigenvalue weighted by Crippen LogP contribution is 2.07. The highest BCUT2D eigenvalue weighted by molar-refractivity contribution is 7.80. The highest BCUT2D eigenvalue weighted by Gasteiger charge is 1.77. The maximum absolute atomic E-state index is 3.99. The Morgan fingerprint density at radius 2 is 2.67 bits per heavy atom. The molecule has 0 amide bonds. The number of thiophene rings is 1. The van der Waals surface area contributed by atoms with Gasteiger partial charge < -0.3 is 0 Å². The summed E-state index contributed by atoms with van der Waals surface area (Å²) in [5.74, 6) is 0. The van der Waals surface area contributed by atoms with Gasteiger partial charge in [-0.1, -0.05) is 0 Å². The van der Waals surface area contributed by atoms with Gasteiger partial charge in [-0.25, -0.2) is 0 Å². The Labute approximate surface area is 46.2 Å². The SMILES string of the molecule is Sc1[c]scc1. The van der Waals surface area contributed by atoms with Crippen LogP contribution in [0.15, 0.2) is 16.3 Å². The summed E-state index contributed by atoms with van der Waals surface area (Å²) in [5, 5.41) is 4.85. The Morgan fingerprint density at radius 3 is 2.83 bits per heavy atom. The minimum absolute atomic E-state index is 0.931. The molecule has 1 aromatic heterocycles. The fraction of sp³-hybridized carbons (Fsp3) is 0. The number of hydrogen-bond acceptors (Lipinski definition) is 2. The first-order chi connectivity index (χ1) is 2.89. The summed E-state index contributed by atoms with van der Waals surface area (Å²) in [7, 11) is 0. The normalized spacial score (nSPS) is 8.83. The molecule has 0 bridgehead atoms. The van der Waals surface area contributed by atoms with Crippen molar-refractivity contribution in [2.75, 3.05) is 0 Å². The van der Waals surface area contributed by atoms with Crippen LogP contribution in [0.25, 0.3) is 0 Å². The van der Waals surface area contributed by atoms with E-state index in [1.807, 2.05) is 11.4 Å². The second-order valence-corrected chi connectivity index (χ2v) is 2.10. The zero-order chi connectivity index (χ0) is 4.41. The van der Waals surface area contributed by atoms with E-state index in [9.17, 15) is 0 Å². The zero-order valence-corrected chi connectivity index (χ0v) is 4.72. The lowest BCUT2D eigenvalue weighted by Gasteiger charge is -1.63. The van der Waals surface area contributed by atoms with E-state index in [2.05, 4.69) is 18.0 Å². The molecule has 0 spiro atoms. The molecule has 0 atom stereocenters. The van der Waals surface area contributed by atoms with Gasteiger partial charge in [-0.05, 0) is 11.4 Å². The molecule has 0 aliphatic heterocycles. The number of thiol groups is 1. The van der Waals surface area contributed by atoms with Gasteiger partial charge in [-0.3, -0.25) is 0 Å². The van der Waals surface area contributed by atoms with Crippen molar-refractivity contribution in [1.29, 1.82) is 0 Å². The van der Waals surface area contributed by atoms with Crippen LogP contribution in [0.1, 0.15) is 0 Å². The Morgan fingerprint density at radius 1 is 1.83 bits per heavy atom. The largest absolute Gasteiger partial charge is 0.142 e. The minimum Gasteiger partial charge on any atom is -0.142 e. The van der Waals surface area contributed by atoms with Crippen molar-refractivity contribution in [3.8, 4) is 0 Å². The second-order valence-electron chi connectivity index (χ2n) is 0.908. The van der Waals surface area contributed by atoms with Gasteiger partial charge >= 0.3 is 0 Å². The van der Waals surface area contributed by atoms with Crippen LogP contribution in [0.2, 0.25) is 0 Å².